The molecule has 0 bridgehead atoms. The lowest BCUT2D eigenvalue weighted by atomic mass is 9.87. The van der Waals surface area contributed by atoms with E-state index in [0.29, 0.717) is 11.3 Å². The van der Waals surface area contributed by atoms with Gasteiger partial charge in [0.25, 0.3) is 0 Å². The molecule has 4 rings (SSSR count). The topological polar surface area (TPSA) is 44.8 Å². The average Bonchev–Trinajstić information content (AvgIpc) is 3.06. The number of esters is 1. The van der Waals surface area contributed by atoms with Crippen molar-refractivity contribution in [2.24, 2.45) is 0 Å². The van der Waals surface area contributed by atoms with Crippen LogP contribution >= 0.6 is 0 Å². The molecular weight excluding hydrogens is 280 g/mol. The predicted molar refractivity (Wildman–Crippen MR) is 80.5 cm³/mol. The van der Waals surface area contributed by atoms with E-state index in [4.69, 9.17) is 14.2 Å². The molecule has 0 fully saturated rings. The molecule has 0 saturated heterocycles. The first-order valence-electron chi connectivity index (χ1n) is 7.27. The molecule has 0 radical (unpaired) electrons. The van der Waals surface area contributed by atoms with Crippen LogP contribution in [0, 0.1) is 0 Å². The molecule has 0 amide bonds. The fourth-order valence-corrected chi connectivity index (χ4v) is 3.57. The molecule has 22 heavy (non-hydrogen) atoms. The first-order valence-corrected chi connectivity index (χ1v) is 7.27. The summed E-state index contributed by atoms with van der Waals surface area (Å²) in [5.74, 6) is 1.22. The van der Waals surface area contributed by atoms with Gasteiger partial charge in [0, 0.05) is 11.1 Å². The number of carbonyl (C=O) groups excluding carboxylic acids is 1. The van der Waals surface area contributed by atoms with Crippen LogP contribution in [0.15, 0.2) is 36.4 Å². The van der Waals surface area contributed by atoms with Gasteiger partial charge in [-0.05, 0) is 42.7 Å². The standard InChI is InChI=1S/C18H16O4/c1-20-12-3-5-15-11(9-12)7-8-18(15)16-6-4-13(21-2)10-14(16)17(19)22-18/h3-6,9-10H,7-8H2,1-2H3. The summed E-state index contributed by atoms with van der Waals surface area (Å²) in [4.78, 5) is 12.3. The van der Waals surface area contributed by atoms with Crippen molar-refractivity contribution in [2.45, 2.75) is 18.4 Å². The van der Waals surface area contributed by atoms with Crippen LogP contribution in [0.5, 0.6) is 11.5 Å². The van der Waals surface area contributed by atoms with Crippen LogP contribution in [0.1, 0.15) is 33.5 Å². The molecule has 1 aliphatic carbocycles. The second kappa shape index (κ2) is 4.50. The van der Waals surface area contributed by atoms with Crippen LogP contribution in [-0.4, -0.2) is 20.2 Å². The Labute approximate surface area is 128 Å². The first kappa shape index (κ1) is 13.2. The van der Waals surface area contributed by atoms with Crippen molar-refractivity contribution in [1.82, 2.24) is 0 Å². The summed E-state index contributed by atoms with van der Waals surface area (Å²) >= 11 is 0. The number of aryl methyl sites for hydroxylation is 1. The van der Waals surface area contributed by atoms with E-state index in [1.165, 1.54) is 5.56 Å². The van der Waals surface area contributed by atoms with E-state index >= 15 is 0 Å². The van der Waals surface area contributed by atoms with Gasteiger partial charge in [-0.15, -0.1) is 0 Å². The molecule has 0 saturated carbocycles. The van der Waals surface area contributed by atoms with Crippen molar-refractivity contribution < 1.29 is 19.0 Å². The Balaban J connectivity index is 1.89. The van der Waals surface area contributed by atoms with Crippen LogP contribution in [0.3, 0.4) is 0 Å². The number of hydrogen-bond acceptors (Lipinski definition) is 4. The maximum atomic E-state index is 12.3. The van der Waals surface area contributed by atoms with Crippen LogP contribution < -0.4 is 9.47 Å². The summed E-state index contributed by atoms with van der Waals surface area (Å²) < 4.78 is 16.3. The maximum Gasteiger partial charge on any atom is 0.339 e. The van der Waals surface area contributed by atoms with Gasteiger partial charge in [-0.3, -0.25) is 0 Å². The van der Waals surface area contributed by atoms with Gasteiger partial charge in [0.1, 0.15) is 11.5 Å². The highest BCUT2D eigenvalue weighted by Crippen LogP contribution is 2.51. The molecule has 4 heteroatoms. The Hall–Kier alpha value is -2.49. The molecular formula is C18H16O4. The zero-order chi connectivity index (χ0) is 15.3. The van der Waals surface area contributed by atoms with Crippen molar-refractivity contribution in [3.8, 4) is 11.5 Å². The van der Waals surface area contributed by atoms with Gasteiger partial charge in [-0.2, -0.15) is 0 Å². The Bertz CT molecular complexity index is 781. The Morgan fingerprint density at radius 1 is 1.00 bits per heavy atom. The lowest BCUT2D eigenvalue weighted by molar-refractivity contribution is 0.0115. The minimum absolute atomic E-state index is 0.280. The van der Waals surface area contributed by atoms with Gasteiger partial charge in [0.2, 0.25) is 0 Å². The van der Waals surface area contributed by atoms with Crippen molar-refractivity contribution >= 4 is 5.97 Å². The fraction of sp³-hybridized carbons (Fsp3) is 0.278. The molecule has 1 aliphatic heterocycles. The molecule has 1 atom stereocenters. The zero-order valence-corrected chi connectivity index (χ0v) is 12.5. The van der Waals surface area contributed by atoms with Crippen molar-refractivity contribution in [1.29, 1.82) is 0 Å². The second-order valence-corrected chi connectivity index (χ2v) is 5.65. The molecule has 2 aromatic rings. The number of methoxy groups -OCH3 is 2. The number of rotatable bonds is 2. The third-order valence-electron chi connectivity index (χ3n) is 4.64. The van der Waals surface area contributed by atoms with E-state index in [1.54, 1.807) is 20.3 Å². The number of fused-ring (bicyclic) bond motifs is 4. The molecule has 1 unspecified atom stereocenters. The first-order chi connectivity index (χ1) is 10.7. The van der Waals surface area contributed by atoms with Crippen molar-refractivity contribution in [3.63, 3.8) is 0 Å². The summed E-state index contributed by atoms with van der Waals surface area (Å²) in [6, 6.07) is 11.5. The summed E-state index contributed by atoms with van der Waals surface area (Å²) in [5.41, 5.74) is 3.12. The quantitative estimate of drug-likeness (QED) is 0.799. The summed E-state index contributed by atoms with van der Waals surface area (Å²) in [5, 5.41) is 0. The number of benzene rings is 2. The van der Waals surface area contributed by atoms with E-state index in [9.17, 15) is 4.79 Å². The number of hydrogen-bond donors (Lipinski definition) is 0. The normalized spacial score (nSPS) is 21.5. The van der Waals surface area contributed by atoms with E-state index in [2.05, 4.69) is 0 Å². The van der Waals surface area contributed by atoms with Crippen LogP contribution in [0.2, 0.25) is 0 Å². The Morgan fingerprint density at radius 3 is 2.41 bits per heavy atom. The third-order valence-corrected chi connectivity index (χ3v) is 4.64. The van der Waals surface area contributed by atoms with Gasteiger partial charge in [-0.1, -0.05) is 12.1 Å². The van der Waals surface area contributed by atoms with E-state index in [0.717, 1.165) is 29.7 Å². The van der Waals surface area contributed by atoms with Gasteiger partial charge in [0.05, 0.1) is 19.8 Å². The van der Waals surface area contributed by atoms with Crippen LogP contribution in [-0.2, 0) is 16.8 Å². The highest BCUT2D eigenvalue weighted by atomic mass is 16.6. The molecule has 112 valence electrons. The lowest BCUT2D eigenvalue weighted by Crippen LogP contribution is -2.24. The maximum absolute atomic E-state index is 12.3. The molecule has 0 aromatic heterocycles. The number of ether oxygens (including phenoxy) is 3. The summed E-state index contributed by atoms with van der Waals surface area (Å²) in [6.45, 7) is 0. The smallest absolute Gasteiger partial charge is 0.339 e. The fourth-order valence-electron chi connectivity index (χ4n) is 3.57. The monoisotopic (exact) mass is 296 g/mol. The minimum Gasteiger partial charge on any atom is -0.497 e. The molecule has 2 aliphatic rings. The average molecular weight is 296 g/mol. The molecule has 4 nitrogen and oxygen atoms in total. The SMILES string of the molecule is COc1ccc2c(c1)CCC21OC(=O)c2cc(OC)ccc21. The van der Waals surface area contributed by atoms with Crippen molar-refractivity contribution in [2.75, 3.05) is 14.2 Å². The molecule has 0 N–H and O–H groups in total. The highest BCUT2D eigenvalue weighted by Gasteiger charge is 2.50. The second-order valence-electron chi connectivity index (χ2n) is 5.65. The van der Waals surface area contributed by atoms with Crippen molar-refractivity contribution in [3.05, 3.63) is 58.7 Å². The summed E-state index contributed by atoms with van der Waals surface area (Å²) in [6.07, 6.45) is 1.63. The van der Waals surface area contributed by atoms with Crippen LogP contribution in [0.4, 0.5) is 0 Å². The van der Waals surface area contributed by atoms with Gasteiger partial charge >= 0.3 is 5.97 Å². The predicted octanol–water partition coefficient (Wildman–Crippen LogP) is 3.06. The molecule has 1 heterocycles. The Kier molecular flexibility index (Phi) is 2.70. The minimum atomic E-state index is -0.652. The van der Waals surface area contributed by atoms with E-state index in [-0.39, 0.29) is 5.97 Å². The lowest BCUT2D eigenvalue weighted by Gasteiger charge is -2.25. The summed E-state index contributed by atoms with van der Waals surface area (Å²) in [7, 11) is 3.25. The van der Waals surface area contributed by atoms with Gasteiger partial charge in [-0.25, -0.2) is 4.79 Å². The highest BCUT2D eigenvalue weighted by molar-refractivity contribution is 5.96. The van der Waals surface area contributed by atoms with Crippen LogP contribution in [0.25, 0.3) is 0 Å². The zero-order valence-electron chi connectivity index (χ0n) is 12.5. The van der Waals surface area contributed by atoms with E-state index < -0.39 is 5.60 Å². The largest absolute Gasteiger partial charge is 0.497 e. The molecule has 1 spiro atoms. The van der Waals surface area contributed by atoms with Gasteiger partial charge in [0.15, 0.2) is 5.60 Å². The Morgan fingerprint density at radius 2 is 1.68 bits per heavy atom. The number of carbonyl (C=O) groups is 1. The third kappa shape index (κ3) is 1.61. The van der Waals surface area contributed by atoms with Gasteiger partial charge < -0.3 is 14.2 Å². The van der Waals surface area contributed by atoms with E-state index in [1.807, 2.05) is 30.3 Å². The molecule has 2 aromatic carbocycles.